The van der Waals surface area contributed by atoms with Crippen molar-refractivity contribution in [2.45, 2.75) is 19.6 Å². The minimum Gasteiger partial charge on any atom is -0.479 e. The molecule has 1 aromatic carbocycles. The Hall–Kier alpha value is -0.955. The van der Waals surface area contributed by atoms with Crippen LogP contribution in [0.2, 0.25) is 13.1 Å². The van der Waals surface area contributed by atoms with Crippen molar-refractivity contribution in [3.8, 4) is 5.75 Å². The standard InChI is InChI=1S/C10H14BNO/c1-11-5-4-8-2-3-9(13-7-12)6-10(8)11/h2-3,6H,4-5,7,12H2,1H3. The summed E-state index contributed by atoms with van der Waals surface area (Å²) in [7, 11) is 0. The normalized spacial score (nSPS) is 14.5. The molecule has 1 aromatic rings. The van der Waals surface area contributed by atoms with Crippen molar-refractivity contribution < 1.29 is 4.74 Å². The Labute approximate surface area is 79.2 Å². The lowest BCUT2D eigenvalue weighted by molar-refractivity contribution is 0.330. The fraction of sp³-hybridized carbons (Fsp3) is 0.400. The minimum absolute atomic E-state index is 0.257. The second-order valence-corrected chi connectivity index (χ2v) is 3.61. The van der Waals surface area contributed by atoms with E-state index in [1.54, 1.807) is 0 Å². The average Bonchev–Trinajstić information content (AvgIpc) is 2.49. The number of nitrogens with two attached hydrogens (primary N) is 1. The lowest BCUT2D eigenvalue weighted by Crippen LogP contribution is -2.22. The summed E-state index contributed by atoms with van der Waals surface area (Å²) in [4.78, 5) is 0. The number of rotatable bonds is 2. The molecule has 68 valence electrons. The summed E-state index contributed by atoms with van der Waals surface area (Å²) in [6.45, 7) is 3.20. The molecule has 0 bridgehead atoms. The second kappa shape index (κ2) is 3.42. The topological polar surface area (TPSA) is 35.2 Å². The SMILES string of the molecule is CB1CCc2ccc(OCN)cc21. The van der Waals surface area contributed by atoms with Crippen LogP contribution in [0, 0.1) is 0 Å². The Balaban J connectivity index is 2.31. The lowest BCUT2D eigenvalue weighted by atomic mass is 9.48. The van der Waals surface area contributed by atoms with Crippen LogP contribution in [-0.4, -0.2) is 13.4 Å². The van der Waals surface area contributed by atoms with E-state index in [1.165, 1.54) is 23.8 Å². The van der Waals surface area contributed by atoms with Gasteiger partial charge in [0.2, 0.25) is 0 Å². The maximum atomic E-state index is 5.32. The van der Waals surface area contributed by atoms with Crippen molar-refractivity contribution in [2.75, 3.05) is 6.73 Å². The summed E-state index contributed by atoms with van der Waals surface area (Å²) in [6.07, 6.45) is 2.47. The van der Waals surface area contributed by atoms with Crippen LogP contribution >= 0.6 is 0 Å². The van der Waals surface area contributed by atoms with Crippen LogP contribution in [0.4, 0.5) is 0 Å². The molecule has 0 spiro atoms. The van der Waals surface area contributed by atoms with E-state index in [0.717, 1.165) is 5.75 Å². The minimum atomic E-state index is 0.257. The maximum absolute atomic E-state index is 5.32. The zero-order valence-electron chi connectivity index (χ0n) is 7.92. The molecule has 0 saturated heterocycles. The third-order valence-corrected chi connectivity index (χ3v) is 2.74. The molecular formula is C10H14BNO. The van der Waals surface area contributed by atoms with Gasteiger partial charge in [-0.1, -0.05) is 30.2 Å². The molecule has 1 heterocycles. The number of benzene rings is 1. The first kappa shape index (κ1) is 8.63. The van der Waals surface area contributed by atoms with E-state index in [0.29, 0.717) is 6.71 Å². The highest BCUT2D eigenvalue weighted by Gasteiger charge is 2.21. The van der Waals surface area contributed by atoms with Crippen molar-refractivity contribution in [1.82, 2.24) is 0 Å². The van der Waals surface area contributed by atoms with Gasteiger partial charge >= 0.3 is 0 Å². The first-order valence-electron chi connectivity index (χ1n) is 4.77. The van der Waals surface area contributed by atoms with Gasteiger partial charge in [-0.15, -0.1) is 0 Å². The van der Waals surface area contributed by atoms with E-state index >= 15 is 0 Å². The fourth-order valence-electron chi connectivity index (χ4n) is 1.97. The maximum Gasteiger partial charge on any atom is 0.173 e. The van der Waals surface area contributed by atoms with Gasteiger partial charge in [-0.25, -0.2) is 0 Å². The number of hydrogen-bond acceptors (Lipinski definition) is 2. The molecular weight excluding hydrogens is 161 g/mol. The summed E-state index contributed by atoms with van der Waals surface area (Å²) < 4.78 is 5.26. The monoisotopic (exact) mass is 175 g/mol. The zero-order valence-corrected chi connectivity index (χ0v) is 7.92. The molecule has 0 aromatic heterocycles. The Bertz CT molecular complexity index is 314. The smallest absolute Gasteiger partial charge is 0.173 e. The molecule has 0 atom stereocenters. The fourth-order valence-corrected chi connectivity index (χ4v) is 1.97. The molecule has 0 fully saturated rings. The average molecular weight is 175 g/mol. The van der Waals surface area contributed by atoms with Crippen molar-refractivity contribution in [2.24, 2.45) is 5.73 Å². The van der Waals surface area contributed by atoms with Crippen LogP contribution in [0.1, 0.15) is 5.56 Å². The Morgan fingerprint density at radius 3 is 3.15 bits per heavy atom. The molecule has 0 unspecified atom stereocenters. The molecule has 1 aliphatic heterocycles. The van der Waals surface area contributed by atoms with Gasteiger partial charge in [0, 0.05) is 0 Å². The quantitative estimate of drug-likeness (QED) is 0.534. The van der Waals surface area contributed by atoms with E-state index in [1.807, 2.05) is 6.07 Å². The zero-order chi connectivity index (χ0) is 9.26. The molecule has 0 amide bonds. The highest BCUT2D eigenvalue weighted by atomic mass is 16.5. The molecule has 1 aliphatic rings. The summed E-state index contributed by atoms with van der Waals surface area (Å²) in [6, 6.07) is 6.29. The van der Waals surface area contributed by atoms with Crippen molar-refractivity contribution in [3.63, 3.8) is 0 Å². The number of hydrogen-bond donors (Lipinski definition) is 1. The Morgan fingerprint density at radius 2 is 2.38 bits per heavy atom. The molecule has 0 radical (unpaired) electrons. The van der Waals surface area contributed by atoms with Gasteiger partial charge in [-0.3, -0.25) is 5.73 Å². The van der Waals surface area contributed by atoms with Gasteiger partial charge in [-0.05, 0) is 18.6 Å². The molecule has 3 heteroatoms. The first-order valence-corrected chi connectivity index (χ1v) is 4.77. The third-order valence-electron chi connectivity index (χ3n) is 2.74. The summed E-state index contributed by atoms with van der Waals surface area (Å²) >= 11 is 0. The lowest BCUT2D eigenvalue weighted by Gasteiger charge is -2.06. The predicted octanol–water partition coefficient (Wildman–Crippen LogP) is 0.869. The van der Waals surface area contributed by atoms with Crippen LogP contribution < -0.4 is 15.9 Å². The van der Waals surface area contributed by atoms with Crippen molar-refractivity contribution in [1.29, 1.82) is 0 Å². The largest absolute Gasteiger partial charge is 0.479 e. The molecule has 0 aliphatic carbocycles. The Kier molecular flexibility index (Phi) is 2.27. The van der Waals surface area contributed by atoms with Crippen LogP contribution in [0.15, 0.2) is 18.2 Å². The van der Waals surface area contributed by atoms with E-state index in [2.05, 4.69) is 19.0 Å². The van der Waals surface area contributed by atoms with E-state index in [4.69, 9.17) is 10.5 Å². The Morgan fingerprint density at radius 1 is 1.54 bits per heavy atom. The number of aryl methyl sites for hydroxylation is 1. The third kappa shape index (κ3) is 1.56. The highest BCUT2D eigenvalue weighted by molar-refractivity contribution is 6.73. The molecule has 2 N–H and O–H groups in total. The van der Waals surface area contributed by atoms with Crippen molar-refractivity contribution >= 4 is 12.2 Å². The van der Waals surface area contributed by atoms with Crippen molar-refractivity contribution in [3.05, 3.63) is 23.8 Å². The summed E-state index contributed by atoms with van der Waals surface area (Å²) in [5.74, 6) is 0.898. The molecule has 0 saturated carbocycles. The van der Waals surface area contributed by atoms with Gasteiger partial charge in [-0.2, -0.15) is 0 Å². The van der Waals surface area contributed by atoms with E-state index < -0.39 is 0 Å². The van der Waals surface area contributed by atoms with Crippen LogP contribution in [0.25, 0.3) is 0 Å². The van der Waals surface area contributed by atoms with Crippen LogP contribution in [0.3, 0.4) is 0 Å². The molecule has 2 rings (SSSR count). The summed E-state index contributed by atoms with van der Waals surface area (Å²) in [5.41, 5.74) is 8.22. The number of ether oxygens (including phenoxy) is 1. The van der Waals surface area contributed by atoms with E-state index in [-0.39, 0.29) is 6.73 Å². The predicted molar refractivity (Wildman–Crippen MR) is 55.9 cm³/mol. The van der Waals surface area contributed by atoms with Gasteiger partial charge < -0.3 is 4.74 Å². The second-order valence-electron chi connectivity index (χ2n) is 3.61. The van der Waals surface area contributed by atoms with E-state index in [9.17, 15) is 0 Å². The van der Waals surface area contributed by atoms with Crippen LogP contribution in [-0.2, 0) is 6.42 Å². The summed E-state index contributed by atoms with van der Waals surface area (Å²) in [5, 5.41) is 0. The van der Waals surface area contributed by atoms with Gasteiger partial charge in [0.15, 0.2) is 6.71 Å². The number of fused-ring (bicyclic) bond motifs is 1. The molecule has 2 nitrogen and oxygen atoms in total. The molecule has 13 heavy (non-hydrogen) atoms. The first-order chi connectivity index (χ1) is 6.31. The van der Waals surface area contributed by atoms with Gasteiger partial charge in [0.05, 0.1) is 0 Å². The van der Waals surface area contributed by atoms with Gasteiger partial charge in [0.25, 0.3) is 0 Å². The highest BCUT2D eigenvalue weighted by Crippen LogP contribution is 2.18. The van der Waals surface area contributed by atoms with Gasteiger partial charge in [0.1, 0.15) is 12.5 Å². The van der Waals surface area contributed by atoms with Crippen LogP contribution in [0.5, 0.6) is 5.75 Å².